The van der Waals surface area contributed by atoms with Crippen LogP contribution in [-0.2, 0) is 24.4 Å². The zero-order valence-electron chi connectivity index (χ0n) is 21.1. The van der Waals surface area contributed by atoms with Crippen LogP contribution in [0.15, 0.2) is 52.4 Å². The predicted octanol–water partition coefficient (Wildman–Crippen LogP) is 0.131. The summed E-state index contributed by atoms with van der Waals surface area (Å²) in [5.41, 5.74) is 7.61. The molecular formula is C25H35N7O5S. The number of fused-ring (bicyclic) bond motifs is 1. The molecule has 1 aliphatic rings. The molecule has 12 nitrogen and oxygen atoms in total. The Labute approximate surface area is 222 Å². The van der Waals surface area contributed by atoms with Crippen molar-refractivity contribution >= 4 is 44.9 Å². The highest BCUT2D eigenvalue weighted by Crippen LogP contribution is 2.22. The molecule has 1 fully saturated rings. The van der Waals surface area contributed by atoms with Gasteiger partial charge in [0.05, 0.1) is 11.2 Å². The summed E-state index contributed by atoms with van der Waals surface area (Å²) in [6, 6.07) is 10.0. The van der Waals surface area contributed by atoms with Crippen molar-refractivity contribution in [2.24, 2.45) is 16.6 Å². The zero-order chi connectivity index (χ0) is 27.5. The summed E-state index contributed by atoms with van der Waals surface area (Å²) in [5, 5.41) is 4.45. The molecule has 13 heteroatoms. The second-order valence-electron chi connectivity index (χ2n) is 9.08. The molecule has 0 unspecified atom stereocenters. The lowest BCUT2D eigenvalue weighted by atomic mass is 10.1. The number of hydrogen-bond acceptors (Lipinski definition) is 7. The van der Waals surface area contributed by atoms with Gasteiger partial charge in [-0.05, 0) is 55.0 Å². The second-order valence-corrected chi connectivity index (χ2v) is 10.8. The molecule has 206 valence electrons. The summed E-state index contributed by atoms with van der Waals surface area (Å²) in [4.78, 5) is 43.2. The third-order valence-electron chi connectivity index (χ3n) is 6.32. The molecule has 38 heavy (non-hydrogen) atoms. The molecule has 7 N–H and O–H groups in total. The van der Waals surface area contributed by atoms with E-state index in [1.165, 1.54) is 23.4 Å². The number of hydrazine groups is 1. The first kappa shape index (κ1) is 29.0. The van der Waals surface area contributed by atoms with Crippen LogP contribution in [0.3, 0.4) is 0 Å². The van der Waals surface area contributed by atoms with Crippen molar-refractivity contribution in [2.75, 3.05) is 19.6 Å². The van der Waals surface area contributed by atoms with Crippen molar-refractivity contribution < 1.29 is 22.8 Å². The van der Waals surface area contributed by atoms with E-state index in [0.717, 1.165) is 17.2 Å². The van der Waals surface area contributed by atoms with Crippen LogP contribution in [0.5, 0.6) is 0 Å². The lowest BCUT2D eigenvalue weighted by Crippen LogP contribution is -2.53. The number of amides is 3. The average molecular weight is 546 g/mol. The van der Waals surface area contributed by atoms with E-state index in [9.17, 15) is 22.8 Å². The number of carbonyl (C=O) groups excluding carboxylic acids is 3. The maximum atomic E-state index is 13.5. The van der Waals surface area contributed by atoms with Crippen LogP contribution >= 0.6 is 0 Å². The number of primary amides is 1. The number of nitrogens with zero attached hydrogens (tertiary/aromatic N) is 2. The van der Waals surface area contributed by atoms with Gasteiger partial charge in [0.1, 0.15) is 12.1 Å². The average Bonchev–Trinajstić information content (AvgIpc) is 3.40. The summed E-state index contributed by atoms with van der Waals surface area (Å²) in [6.45, 7) is 1.29. The number of sulfonamides is 1. The first-order valence-corrected chi connectivity index (χ1v) is 14.0. The van der Waals surface area contributed by atoms with Crippen LogP contribution < -0.4 is 27.0 Å². The fourth-order valence-electron chi connectivity index (χ4n) is 4.39. The minimum Gasteiger partial charge on any atom is -0.370 e. The van der Waals surface area contributed by atoms with E-state index in [0.29, 0.717) is 38.9 Å². The number of unbranched alkanes of at least 4 members (excludes halogenated alkanes) is 1. The van der Waals surface area contributed by atoms with Crippen molar-refractivity contribution in [1.29, 1.82) is 0 Å². The first-order chi connectivity index (χ1) is 18.2. The van der Waals surface area contributed by atoms with E-state index >= 15 is 0 Å². The van der Waals surface area contributed by atoms with Gasteiger partial charge in [0, 0.05) is 26.1 Å². The first-order valence-electron chi connectivity index (χ1n) is 12.5. The highest BCUT2D eigenvalue weighted by Gasteiger charge is 2.38. The van der Waals surface area contributed by atoms with Gasteiger partial charge in [0.25, 0.3) is 0 Å². The van der Waals surface area contributed by atoms with Crippen LogP contribution in [-0.4, -0.2) is 69.1 Å². The van der Waals surface area contributed by atoms with E-state index in [4.69, 9.17) is 11.6 Å². The number of rotatable bonds is 14. The highest BCUT2D eigenvalue weighted by atomic mass is 32.2. The molecule has 0 radical (unpaired) electrons. The smallest absolute Gasteiger partial charge is 0.242 e. The number of hydrogen-bond donors (Lipinski definition) is 5. The Morgan fingerprint density at radius 3 is 2.63 bits per heavy atom. The largest absolute Gasteiger partial charge is 0.370 e. The van der Waals surface area contributed by atoms with E-state index in [2.05, 4.69) is 20.5 Å². The molecule has 1 heterocycles. The zero-order valence-corrected chi connectivity index (χ0v) is 22.0. The fourth-order valence-corrected chi connectivity index (χ4v) is 5.65. The molecular weight excluding hydrogens is 510 g/mol. The summed E-state index contributed by atoms with van der Waals surface area (Å²) in [7, 11) is -4.11. The quantitative estimate of drug-likeness (QED) is 0.0733. The molecule has 0 bridgehead atoms. The van der Waals surface area contributed by atoms with Crippen LogP contribution in [0.1, 0.15) is 38.5 Å². The molecule has 0 saturated carbocycles. The minimum absolute atomic E-state index is 0.00429. The summed E-state index contributed by atoms with van der Waals surface area (Å²) in [6.07, 6.45) is 3.59. The predicted molar refractivity (Wildman–Crippen MR) is 144 cm³/mol. The van der Waals surface area contributed by atoms with Crippen molar-refractivity contribution in [2.45, 2.75) is 55.5 Å². The Hall–Kier alpha value is -3.55. The third kappa shape index (κ3) is 7.97. The Balaban J connectivity index is 1.69. The maximum absolute atomic E-state index is 13.5. The van der Waals surface area contributed by atoms with Gasteiger partial charge in [-0.1, -0.05) is 30.3 Å². The monoisotopic (exact) mass is 545 g/mol. The number of nitrogens with two attached hydrogens (primary N) is 2. The van der Waals surface area contributed by atoms with Gasteiger partial charge in [0.15, 0.2) is 0 Å². The Morgan fingerprint density at radius 1 is 1.13 bits per heavy atom. The van der Waals surface area contributed by atoms with Crippen LogP contribution in [0.25, 0.3) is 10.8 Å². The number of carbonyl (C=O) groups is 3. The van der Waals surface area contributed by atoms with Crippen molar-refractivity contribution in [3.05, 3.63) is 42.5 Å². The molecule has 1 aliphatic heterocycles. The van der Waals surface area contributed by atoms with Crippen molar-refractivity contribution in [1.82, 2.24) is 20.4 Å². The van der Waals surface area contributed by atoms with Crippen molar-refractivity contribution in [3.63, 3.8) is 0 Å². The van der Waals surface area contributed by atoms with Gasteiger partial charge in [-0.3, -0.25) is 19.4 Å². The molecule has 2 aromatic carbocycles. The number of nitrogens with one attached hydrogen (secondary N) is 3. The van der Waals surface area contributed by atoms with Crippen molar-refractivity contribution in [3.8, 4) is 0 Å². The topological polar surface area (TPSA) is 189 Å². The van der Waals surface area contributed by atoms with Crippen LogP contribution in [0.2, 0.25) is 0 Å². The maximum Gasteiger partial charge on any atom is 0.242 e. The third-order valence-corrected chi connectivity index (χ3v) is 7.79. The van der Waals surface area contributed by atoms with Crippen LogP contribution in [0, 0.1) is 0 Å². The molecule has 0 aliphatic carbocycles. The van der Waals surface area contributed by atoms with Gasteiger partial charge in [-0.2, -0.15) is 4.72 Å². The Bertz CT molecular complexity index is 1270. The highest BCUT2D eigenvalue weighted by molar-refractivity contribution is 7.89. The summed E-state index contributed by atoms with van der Waals surface area (Å²) >= 11 is 0. The Kier molecular flexibility index (Phi) is 10.6. The number of benzene rings is 2. The lowest BCUT2D eigenvalue weighted by molar-refractivity contribution is -0.139. The normalized spacial score (nSPS) is 16.6. The van der Waals surface area contributed by atoms with Gasteiger partial charge in [-0.15, -0.1) is 0 Å². The van der Waals surface area contributed by atoms with Gasteiger partial charge >= 0.3 is 0 Å². The molecule has 3 amide bonds. The van der Waals surface area contributed by atoms with Gasteiger partial charge in [0.2, 0.25) is 27.7 Å². The summed E-state index contributed by atoms with van der Waals surface area (Å²) < 4.78 is 28.9. The summed E-state index contributed by atoms with van der Waals surface area (Å²) in [5.74, 6) is 3.59. The van der Waals surface area contributed by atoms with E-state index < -0.39 is 33.9 Å². The standard InChI is InChI=1S/C25H35N7O5S/c26-23(33)12-11-21(31-38(36,37)20-10-9-18-6-1-2-7-19(18)16-20)25(35)32-15-5-8-22(32)24(34)29-14-4-3-13-28-17-30-27/h1-2,6-7,9-10,16-17,21-22,31H,3-5,8,11-15,27H2,(H2,26,33)(H,28,30)(H,29,34)/t21-,22+/m1/s1. The SMILES string of the molecule is NNC=NCCCCNC(=O)[C@@H]1CCCN1C(=O)[C@@H](CCC(N)=O)NS(=O)(=O)c1ccc2ccccc2c1. The van der Waals surface area contributed by atoms with Crippen LogP contribution in [0.4, 0.5) is 0 Å². The second kappa shape index (κ2) is 13.8. The van der Waals surface area contributed by atoms with E-state index in [-0.39, 0.29) is 23.6 Å². The molecule has 1 saturated heterocycles. The Morgan fingerprint density at radius 2 is 1.89 bits per heavy atom. The van der Waals surface area contributed by atoms with E-state index in [1.807, 2.05) is 12.1 Å². The molecule has 2 aromatic rings. The van der Waals surface area contributed by atoms with Gasteiger partial charge in [-0.25, -0.2) is 14.3 Å². The minimum atomic E-state index is -4.11. The number of aliphatic imine (C=N–C) groups is 1. The fraction of sp³-hybridized carbons (Fsp3) is 0.440. The van der Waals surface area contributed by atoms with Gasteiger partial charge < -0.3 is 21.4 Å². The molecule has 3 rings (SSSR count). The lowest BCUT2D eigenvalue weighted by Gasteiger charge is -2.28. The number of likely N-dealkylation sites (tertiary alicyclic amines) is 1. The van der Waals surface area contributed by atoms with E-state index in [1.54, 1.807) is 18.2 Å². The molecule has 2 atom stereocenters. The molecule has 0 aromatic heterocycles. The molecule has 0 spiro atoms.